The summed E-state index contributed by atoms with van der Waals surface area (Å²) in [4.78, 5) is 25.2. The third-order valence-electron chi connectivity index (χ3n) is 1.69. The van der Waals surface area contributed by atoms with Crippen LogP contribution >= 0.6 is 11.6 Å². The number of aliphatic carboxylic acids is 1. The quantitative estimate of drug-likeness (QED) is 0.494. The summed E-state index contributed by atoms with van der Waals surface area (Å²) in [5.74, 6) is -1.67. The second-order valence-corrected chi connectivity index (χ2v) is 3.13. The van der Waals surface area contributed by atoms with Crippen LogP contribution in [0.2, 0.25) is 5.15 Å². The Balaban J connectivity index is 3.08. The lowest BCUT2D eigenvalue weighted by Gasteiger charge is -2.01. The summed E-state index contributed by atoms with van der Waals surface area (Å²) in [7, 11) is 1.24. The maximum atomic E-state index is 11.2. The van der Waals surface area contributed by atoms with Gasteiger partial charge in [-0.25, -0.2) is 14.6 Å². The average Bonchev–Trinajstić information content (AvgIpc) is 2.26. The van der Waals surface area contributed by atoms with Gasteiger partial charge in [-0.3, -0.25) is 0 Å². The number of pyridine rings is 1. The summed E-state index contributed by atoms with van der Waals surface area (Å²) in [5, 5.41) is 8.56. The van der Waals surface area contributed by atoms with E-state index in [4.69, 9.17) is 16.7 Å². The molecule has 84 valence electrons. The van der Waals surface area contributed by atoms with Crippen molar-refractivity contribution in [3.05, 3.63) is 34.6 Å². The van der Waals surface area contributed by atoms with Gasteiger partial charge in [0.2, 0.25) is 0 Å². The molecule has 0 bridgehead atoms. The molecule has 0 aliphatic heterocycles. The maximum Gasteiger partial charge on any atom is 0.339 e. The van der Waals surface area contributed by atoms with Crippen LogP contribution < -0.4 is 0 Å². The van der Waals surface area contributed by atoms with Gasteiger partial charge in [-0.15, -0.1) is 0 Å². The lowest BCUT2D eigenvalue weighted by atomic mass is 10.2. The molecule has 0 aliphatic rings. The van der Waals surface area contributed by atoms with E-state index in [0.717, 1.165) is 6.08 Å². The summed E-state index contributed by atoms with van der Waals surface area (Å²) in [5.41, 5.74) is 0.545. The van der Waals surface area contributed by atoms with E-state index < -0.39 is 11.9 Å². The van der Waals surface area contributed by atoms with Crippen LogP contribution in [0.1, 0.15) is 15.9 Å². The van der Waals surface area contributed by atoms with Crippen LogP contribution in [-0.2, 0) is 9.53 Å². The molecule has 1 aromatic rings. The van der Waals surface area contributed by atoms with Crippen molar-refractivity contribution in [1.82, 2.24) is 4.98 Å². The van der Waals surface area contributed by atoms with E-state index in [9.17, 15) is 9.59 Å². The van der Waals surface area contributed by atoms with E-state index in [-0.39, 0.29) is 10.7 Å². The Morgan fingerprint density at radius 1 is 1.56 bits per heavy atom. The second kappa shape index (κ2) is 5.27. The highest BCUT2D eigenvalue weighted by atomic mass is 35.5. The molecule has 0 fully saturated rings. The molecular weight excluding hydrogens is 234 g/mol. The van der Waals surface area contributed by atoms with Crippen molar-refractivity contribution in [2.75, 3.05) is 7.11 Å². The van der Waals surface area contributed by atoms with Crippen molar-refractivity contribution in [2.45, 2.75) is 0 Å². The Bertz CT molecular complexity index is 456. The first-order valence-electron chi connectivity index (χ1n) is 4.19. The van der Waals surface area contributed by atoms with Gasteiger partial charge in [0.25, 0.3) is 0 Å². The third kappa shape index (κ3) is 3.06. The van der Waals surface area contributed by atoms with Crippen molar-refractivity contribution in [3.8, 4) is 0 Å². The minimum Gasteiger partial charge on any atom is -0.478 e. The summed E-state index contributed by atoms with van der Waals surface area (Å²) in [6.07, 6.45) is 3.42. The Morgan fingerprint density at radius 3 is 2.81 bits per heavy atom. The van der Waals surface area contributed by atoms with Crippen LogP contribution in [0.4, 0.5) is 0 Å². The predicted octanol–water partition coefficient (Wildman–Crippen LogP) is 1.62. The number of methoxy groups -OCH3 is 1. The van der Waals surface area contributed by atoms with Gasteiger partial charge in [0.1, 0.15) is 5.15 Å². The molecule has 0 radical (unpaired) electrons. The number of ether oxygens (including phenoxy) is 1. The molecule has 1 rings (SSSR count). The molecule has 1 N–H and O–H groups in total. The van der Waals surface area contributed by atoms with Gasteiger partial charge < -0.3 is 9.84 Å². The number of hydrogen-bond donors (Lipinski definition) is 1. The number of halogens is 1. The van der Waals surface area contributed by atoms with Gasteiger partial charge in [-0.1, -0.05) is 11.6 Å². The molecule has 0 spiro atoms. The molecule has 16 heavy (non-hydrogen) atoms. The second-order valence-electron chi connectivity index (χ2n) is 2.77. The van der Waals surface area contributed by atoms with Gasteiger partial charge in [-0.05, 0) is 12.1 Å². The highest BCUT2D eigenvalue weighted by molar-refractivity contribution is 6.31. The first kappa shape index (κ1) is 12.2. The van der Waals surface area contributed by atoms with Crippen molar-refractivity contribution < 1.29 is 19.4 Å². The van der Waals surface area contributed by atoms with Gasteiger partial charge >= 0.3 is 11.9 Å². The van der Waals surface area contributed by atoms with E-state index in [0.29, 0.717) is 5.56 Å². The number of aromatic nitrogens is 1. The van der Waals surface area contributed by atoms with Gasteiger partial charge in [-0.2, -0.15) is 0 Å². The number of hydrogen-bond acceptors (Lipinski definition) is 4. The molecule has 0 atom stereocenters. The largest absolute Gasteiger partial charge is 0.478 e. The fourth-order valence-corrected chi connectivity index (χ4v) is 1.14. The van der Waals surface area contributed by atoms with Crippen LogP contribution in [-0.4, -0.2) is 29.1 Å². The van der Waals surface area contributed by atoms with Gasteiger partial charge in [0.15, 0.2) is 0 Å². The smallest absolute Gasteiger partial charge is 0.339 e. The highest BCUT2D eigenvalue weighted by Gasteiger charge is 2.08. The molecule has 0 aliphatic carbocycles. The number of carboxylic acid groups (broad SMARTS) is 1. The van der Waals surface area contributed by atoms with E-state index >= 15 is 0 Å². The maximum absolute atomic E-state index is 11.2. The van der Waals surface area contributed by atoms with Crippen molar-refractivity contribution in [2.24, 2.45) is 0 Å². The van der Waals surface area contributed by atoms with Crippen molar-refractivity contribution >= 4 is 29.6 Å². The van der Waals surface area contributed by atoms with E-state index in [1.165, 1.54) is 25.4 Å². The molecule has 1 heterocycles. The van der Waals surface area contributed by atoms with Gasteiger partial charge in [0.05, 0.1) is 12.7 Å². The number of esters is 1. The first-order chi connectivity index (χ1) is 7.54. The zero-order valence-electron chi connectivity index (χ0n) is 8.31. The van der Waals surface area contributed by atoms with E-state index in [2.05, 4.69) is 9.72 Å². The summed E-state index contributed by atoms with van der Waals surface area (Å²) in [6.45, 7) is 0. The number of rotatable bonds is 3. The Labute approximate surface area is 96.3 Å². The summed E-state index contributed by atoms with van der Waals surface area (Å²) in [6, 6.07) is 1.40. The first-order valence-corrected chi connectivity index (χ1v) is 4.57. The minimum atomic E-state index is -1.11. The third-order valence-corrected chi connectivity index (χ3v) is 2.01. The predicted molar refractivity (Wildman–Crippen MR) is 57.3 cm³/mol. The number of nitrogens with zero attached hydrogens (tertiary/aromatic N) is 1. The molecule has 0 unspecified atom stereocenters. The van der Waals surface area contributed by atoms with Crippen LogP contribution in [0.25, 0.3) is 6.08 Å². The molecule has 0 amide bonds. The van der Waals surface area contributed by atoms with Crippen LogP contribution in [0.3, 0.4) is 0 Å². The number of carboxylic acids is 1. The highest BCUT2D eigenvalue weighted by Crippen LogP contribution is 2.16. The summed E-state index contributed by atoms with van der Waals surface area (Å²) >= 11 is 5.72. The Kier molecular flexibility index (Phi) is 4.02. The Hall–Kier alpha value is -1.88. The zero-order valence-corrected chi connectivity index (χ0v) is 9.06. The standard InChI is InChI=1S/C10H8ClNO4/c1-16-10(15)7-4-6(2-3-8(13)14)9(11)12-5-7/h2-5H,1H3,(H,13,14). The van der Waals surface area contributed by atoms with Gasteiger partial charge in [0, 0.05) is 17.8 Å². The van der Waals surface area contributed by atoms with Crippen LogP contribution in [0.5, 0.6) is 0 Å². The van der Waals surface area contributed by atoms with Crippen molar-refractivity contribution in [1.29, 1.82) is 0 Å². The zero-order chi connectivity index (χ0) is 12.1. The summed E-state index contributed by atoms with van der Waals surface area (Å²) < 4.78 is 4.49. The Morgan fingerprint density at radius 2 is 2.25 bits per heavy atom. The number of carbonyl (C=O) groups is 2. The van der Waals surface area contributed by atoms with Crippen LogP contribution in [0, 0.1) is 0 Å². The molecule has 0 saturated heterocycles. The van der Waals surface area contributed by atoms with Crippen molar-refractivity contribution in [3.63, 3.8) is 0 Å². The topological polar surface area (TPSA) is 76.5 Å². The monoisotopic (exact) mass is 241 g/mol. The molecule has 0 aromatic carbocycles. The lowest BCUT2D eigenvalue weighted by molar-refractivity contribution is -0.131. The number of carbonyl (C=O) groups excluding carboxylic acids is 1. The fraction of sp³-hybridized carbons (Fsp3) is 0.100. The lowest BCUT2D eigenvalue weighted by Crippen LogP contribution is -2.02. The molecule has 6 heteroatoms. The normalized spacial score (nSPS) is 10.4. The van der Waals surface area contributed by atoms with E-state index in [1.807, 2.05) is 0 Å². The SMILES string of the molecule is COC(=O)c1cnc(Cl)c(C=CC(=O)O)c1. The minimum absolute atomic E-state index is 0.116. The fourth-order valence-electron chi connectivity index (χ4n) is 0.973. The van der Waals surface area contributed by atoms with E-state index in [1.54, 1.807) is 0 Å². The average molecular weight is 242 g/mol. The molecular formula is C10H8ClNO4. The molecule has 1 aromatic heterocycles. The van der Waals surface area contributed by atoms with Crippen LogP contribution in [0.15, 0.2) is 18.3 Å². The molecule has 0 saturated carbocycles. The molecule has 5 nitrogen and oxygen atoms in total.